The number of benzene rings is 1. The van der Waals surface area contributed by atoms with E-state index in [-0.39, 0.29) is 21.5 Å². The maximum Gasteiger partial charge on any atom is 0.175 e. The van der Waals surface area contributed by atoms with Gasteiger partial charge in [-0.05, 0) is 30.4 Å². The van der Waals surface area contributed by atoms with E-state index in [1.54, 1.807) is 0 Å². The summed E-state index contributed by atoms with van der Waals surface area (Å²) in [5.41, 5.74) is -1.59. The van der Waals surface area contributed by atoms with Crippen molar-refractivity contribution in [3.05, 3.63) is 46.5 Å². The maximum absolute atomic E-state index is 14.0. The van der Waals surface area contributed by atoms with Crippen molar-refractivity contribution in [2.24, 2.45) is 0 Å². The second-order valence-corrected chi connectivity index (χ2v) is 6.53. The van der Waals surface area contributed by atoms with Gasteiger partial charge in [-0.3, -0.25) is 4.90 Å². The molecule has 29 heavy (non-hydrogen) atoms. The Labute approximate surface area is 198 Å². The summed E-state index contributed by atoms with van der Waals surface area (Å²) in [5.74, 6) is -5.32. The summed E-state index contributed by atoms with van der Waals surface area (Å²) >= 11 is 0.165. The number of aromatic nitrogens is 3. The van der Waals surface area contributed by atoms with Crippen LogP contribution < -0.4 is 5.31 Å². The first kappa shape index (κ1) is 7.56. The summed E-state index contributed by atoms with van der Waals surface area (Å²) in [6.07, 6.45) is -7.27. The van der Waals surface area contributed by atoms with Crippen LogP contribution in [0.5, 0.6) is 0 Å². The molecule has 1 aromatic carbocycles. The Balaban J connectivity index is 1.94. The van der Waals surface area contributed by atoms with E-state index < -0.39 is 96.0 Å². The lowest BCUT2D eigenvalue weighted by Crippen LogP contribution is -2.38. The van der Waals surface area contributed by atoms with Gasteiger partial charge >= 0.3 is 0 Å². The highest BCUT2D eigenvalue weighted by Gasteiger charge is 2.21. The molecule has 1 saturated heterocycles. The molecule has 1 N–H and O–H groups in total. The van der Waals surface area contributed by atoms with Gasteiger partial charge in [-0.25, -0.2) is 19.3 Å². The fourth-order valence-electron chi connectivity index (χ4n) is 2.30. The van der Waals surface area contributed by atoms with Gasteiger partial charge in [0.2, 0.25) is 0 Å². The SMILES string of the molecule is [2H]C(c1ccc(F)c(C#N)c1)N1C([2H])([2H])C([2H])([2H])C([2H])(N([2H])c2ncnc3nc(C([2H])(C([2H])([2H])[2H])C([2H])([2H])[2H])sc23)C([2H])([2H])C1([2H])[2H]. The van der Waals surface area contributed by atoms with Crippen molar-refractivity contribution in [1.82, 2.24) is 19.9 Å². The standard InChI is InChI=1S/C21H23FN6S/c1-13(2)21-27-20-18(29-21)19(24-12-25-20)26-16-5-7-28(8-6-16)11-14-3-4-17(22)15(9-14)10-23/h3-4,9,12-13,16H,5-8,11H2,1-2H3,(H,24,25,26)/i1D3,2D3,5D2,6D2,7D2,8D2,11D,13D,16D/hD. The Morgan fingerprint density at radius 1 is 1.55 bits per heavy atom. The average Bonchev–Trinajstić information content (AvgIpc) is 3.38. The predicted molar refractivity (Wildman–Crippen MR) is 112 cm³/mol. The monoisotopic (exact) mass is 428 g/mol. The molecule has 1 atom stereocenters. The number of nitrogens with zero attached hydrogens (tertiary/aromatic N) is 5. The van der Waals surface area contributed by atoms with Crippen molar-refractivity contribution in [2.45, 2.75) is 44.9 Å². The molecular weight excluding hydrogens is 387 g/mol. The third kappa shape index (κ3) is 4.36. The molecule has 150 valence electrons. The molecule has 0 amide bonds. The van der Waals surface area contributed by atoms with Crippen LogP contribution in [0.4, 0.5) is 10.2 Å². The zero-order chi connectivity index (χ0) is 36.1. The van der Waals surface area contributed by atoms with Gasteiger partial charge in [0.05, 0.1) is 11.9 Å². The third-order valence-electron chi connectivity index (χ3n) is 3.58. The summed E-state index contributed by atoms with van der Waals surface area (Å²) in [6, 6.07) is -0.0733. The molecule has 2 aromatic heterocycles. The summed E-state index contributed by atoms with van der Waals surface area (Å²) < 4.78 is 164. The first-order chi connectivity index (χ1) is 21.1. The molecule has 1 aliphatic rings. The van der Waals surface area contributed by atoms with Crippen LogP contribution in [0.25, 0.3) is 10.3 Å². The first-order valence-electron chi connectivity index (χ1n) is 16.9. The van der Waals surface area contributed by atoms with Crippen LogP contribution in [-0.4, -0.2) is 38.9 Å². The van der Waals surface area contributed by atoms with Crippen molar-refractivity contribution in [1.29, 1.82) is 5.26 Å². The smallest absolute Gasteiger partial charge is 0.175 e. The van der Waals surface area contributed by atoms with Crippen LogP contribution in [0.2, 0.25) is 1.41 Å². The zero-order valence-electron chi connectivity index (χ0n) is 32.4. The molecule has 0 aliphatic carbocycles. The largest absolute Gasteiger partial charge is 0.366 e. The number of hydrogen-bond acceptors (Lipinski definition) is 7. The summed E-state index contributed by atoms with van der Waals surface area (Å²) in [7, 11) is 0. The maximum atomic E-state index is 14.0. The van der Waals surface area contributed by atoms with Crippen LogP contribution >= 0.6 is 11.3 Å². The van der Waals surface area contributed by atoms with E-state index in [0.29, 0.717) is 6.33 Å². The van der Waals surface area contributed by atoms with Crippen molar-refractivity contribution < 1.29 is 29.1 Å². The van der Waals surface area contributed by atoms with Gasteiger partial charge < -0.3 is 5.31 Å². The van der Waals surface area contributed by atoms with Gasteiger partial charge in [-0.2, -0.15) is 5.26 Å². The number of fused-ring (bicyclic) bond motifs is 1. The van der Waals surface area contributed by atoms with Gasteiger partial charge in [0.25, 0.3) is 0 Å². The first-order valence-corrected chi connectivity index (χ1v) is 8.73. The van der Waals surface area contributed by atoms with E-state index in [1.807, 2.05) is 0 Å². The number of piperidine rings is 1. The van der Waals surface area contributed by atoms with Crippen LogP contribution in [0.15, 0.2) is 24.5 Å². The van der Waals surface area contributed by atoms with E-state index in [0.717, 1.165) is 18.2 Å². The number of likely N-dealkylation sites (tertiary alicyclic amines) is 1. The van der Waals surface area contributed by atoms with Crippen molar-refractivity contribution >= 4 is 27.5 Å². The highest BCUT2D eigenvalue weighted by atomic mass is 32.1. The molecule has 6 nitrogen and oxygen atoms in total. The minimum Gasteiger partial charge on any atom is -0.366 e. The molecule has 3 aromatic rings. The van der Waals surface area contributed by atoms with Gasteiger partial charge in [0, 0.05) is 53.4 Å². The van der Waals surface area contributed by atoms with E-state index >= 15 is 0 Å². The van der Waals surface area contributed by atoms with E-state index in [1.165, 1.54) is 6.07 Å². The Morgan fingerprint density at radius 2 is 2.38 bits per heavy atom. The summed E-state index contributed by atoms with van der Waals surface area (Å²) in [6.45, 7) is -17.0. The van der Waals surface area contributed by atoms with Crippen molar-refractivity contribution in [2.75, 3.05) is 18.3 Å². The molecule has 0 bridgehead atoms. The summed E-state index contributed by atoms with van der Waals surface area (Å²) in [5, 5.41) is 8.01. The molecule has 0 radical (unpaired) electrons. The Morgan fingerprint density at radius 3 is 3.14 bits per heavy atom. The van der Waals surface area contributed by atoms with E-state index in [9.17, 15) is 9.65 Å². The Hall–Kier alpha value is -2.63. The predicted octanol–water partition coefficient (Wildman–Crippen LogP) is 4.30. The van der Waals surface area contributed by atoms with Crippen LogP contribution in [0.3, 0.4) is 0 Å². The molecule has 3 heterocycles. The number of rotatable bonds is 5. The van der Waals surface area contributed by atoms with Crippen molar-refractivity contribution in [3.63, 3.8) is 0 Å². The Bertz CT molecular complexity index is 1710. The van der Waals surface area contributed by atoms with Gasteiger partial charge in [0.1, 0.15) is 28.7 Å². The lowest BCUT2D eigenvalue weighted by atomic mass is 10.0. The van der Waals surface area contributed by atoms with Crippen LogP contribution in [-0.2, 0) is 6.52 Å². The van der Waals surface area contributed by atoms with Crippen LogP contribution in [0.1, 0.15) is 71.8 Å². The van der Waals surface area contributed by atoms with Crippen molar-refractivity contribution in [3.8, 4) is 6.07 Å². The van der Waals surface area contributed by atoms with Gasteiger partial charge in [-0.1, -0.05) is 19.8 Å². The molecule has 1 unspecified atom stereocenters. The molecule has 0 saturated carbocycles. The van der Waals surface area contributed by atoms with E-state index in [2.05, 4.69) is 15.0 Å². The average molecular weight is 429 g/mol. The highest BCUT2D eigenvalue weighted by Crippen LogP contribution is 2.31. The normalized spacial score (nSPS) is 35.2. The van der Waals surface area contributed by atoms with E-state index in [4.69, 9.17) is 24.7 Å². The molecule has 1 fully saturated rings. The minimum absolute atomic E-state index is 0.165. The number of nitrogens with one attached hydrogen (secondary N) is 1. The second kappa shape index (κ2) is 8.39. The summed E-state index contributed by atoms with van der Waals surface area (Å²) in [4.78, 5) is 11.1. The third-order valence-corrected chi connectivity index (χ3v) is 4.64. The van der Waals surface area contributed by atoms with Gasteiger partial charge in [-0.15, -0.1) is 11.3 Å². The second-order valence-electron chi connectivity index (χ2n) is 5.53. The minimum atomic E-state index is -3.96. The topological polar surface area (TPSA) is 77.7 Å². The quantitative estimate of drug-likeness (QED) is 0.653. The number of halogens is 1. The molecule has 1 aliphatic heterocycles. The number of nitriles is 1. The molecular formula is C21H23FN6S. The van der Waals surface area contributed by atoms with Gasteiger partial charge in [0.15, 0.2) is 7.06 Å². The molecule has 4 rings (SSSR count). The fraction of sp³-hybridized carbons (Fsp3) is 0.429. The number of anilines is 1. The number of hydrogen-bond donors (Lipinski definition) is 1. The Kier molecular flexibility index (Phi) is 2.19. The molecule has 0 spiro atoms. The fourth-order valence-corrected chi connectivity index (χ4v) is 3.11. The lowest BCUT2D eigenvalue weighted by molar-refractivity contribution is 0.211. The number of thiazole rings is 1. The molecule has 8 heteroatoms. The van der Waals surface area contributed by atoms with Crippen LogP contribution in [0, 0.1) is 17.1 Å². The lowest BCUT2D eigenvalue weighted by Gasteiger charge is -2.32. The highest BCUT2D eigenvalue weighted by molar-refractivity contribution is 7.19. The zero-order valence-corrected chi connectivity index (χ0v) is 15.2.